The molecular weight excluding hydrogens is 273 g/mol. The van der Waals surface area contributed by atoms with E-state index in [4.69, 9.17) is 0 Å². The van der Waals surface area contributed by atoms with Gasteiger partial charge in [-0.15, -0.1) is 0 Å². The third-order valence-electron chi connectivity index (χ3n) is 2.31. The van der Waals surface area contributed by atoms with Gasteiger partial charge in [-0.1, -0.05) is 19.4 Å². The molecule has 0 radical (unpaired) electrons. The zero-order chi connectivity index (χ0) is 12.0. The molecule has 0 amide bonds. The van der Waals surface area contributed by atoms with Crippen LogP contribution < -0.4 is 5.32 Å². The minimum Gasteiger partial charge on any atom is -0.392 e. The van der Waals surface area contributed by atoms with Gasteiger partial charge < -0.3 is 10.4 Å². The number of rotatable bonds is 6. The maximum atomic E-state index is 13.2. The summed E-state index contributed by atoms with van der Waals surface area (Å²) in [5.74, 6) is -0.256. The maximum absolute atomic E-state index is 13.2. The zero-order valence-corrected chi connectivity index (χ0v) is 10.9. The fraction of sp³-hybridized carbons (Fsp3) is 0.500. The van der Waals surface area contributed by atoms with Crippen molar-refractivity contribution in [1.82, 2.24) is 5.32 Å². The van der Waals surface area contributed by atoms with Crippen molar-refractivity contribution in [3.8, 4) is 0 Å². The van der Waals surface area contributed by atoms with Gasteiger partial charge in [0.1, 0.15) is 5.82 Å². The summed E-state index contributed by atoms with van der Waals surface area (Å²) >= 11 is 3.11. The Hall–Kier alpha value is -0.450. The Kier molecular flexibility index (Phi) is 5.95. The Morgan fingerprint density at radius 2 is 2.25 bits per heavy atom. The summed E-state index contributed by atoms with van der Waals surface area (Å²) in [6, 6.07) is 5.03. The summed E-state index contributed by atoms with van der Waals surface area (Å²) in [6.07, 6.45) is 1.45. The molecule has 16 heavy (non-hydrogen) atoms. The maximum Gasteiger partial charge on any atom is 0.137 e. The van der Waals surface area contributed by atoms with E-state index in [1.54, 1.807) is 6.07 Å². The minimum absolute atomic E-state index is 0.256. The quantitative estimate of drug-likeness (QED) is 0.844. The van der Waals surface area contributed by atoms with Crippen LogP contribution in [0.2, 0.25) is 0 Å². The SMILES string of the molecule is CCCC(O)CNCc1ccc(Br)c(F)c1. The van der Waals surface area contributed by atoms with Gasteiger partial charge in [-0.3, -0.25) is 0 Å². The van der Waals surface area contributed by atoms with Gasteiger partial charge >= 0.3 is 0 Å². The molecule has 1 aromatic carbocycles. The molecule has 0 spiro atoms. The van der Waals surface area contributed by atoms with E-state index in [0.29, 0.717) is 17.6 Å². The number of aliphatic hydroxyl groups excluding tert-OH is 1. The number of hydrogen-bond acceptors (Lipinski definition) is 2. The molecule has 1 aromatic rings. The summed E-state index contributed by atoms with van der Waals surface area (Å²) in [4.78, 5) is 0. The van der Waals surface area contributed by atoms with Gasteiger partial charge in [0.2, 0.25) is 0 Å². The third kappa shape index (κ3) is 4.60. The van der Waals surface area contributed by atoms with E-state index < -0.39 is 0 Å². The molecule has 0 heterocycles. The molecule has 1 unspecified atom stereocenters. The average molecular weight is 290 g/mol. The van der Waals surface area contributed by atoms with Crippen LogP contribution in [0.15, 0.2) is 22.7 Å². The van der Waals surface area contributed by atoms with Crippen LogP contribution in [0.4, 0.5) is 4.39 Å². The highest BCUT2D eigenvalue weighted by molar-refractivity contribution is 9.10. The lowest BCUT2D eigenvalue weighted by Crippen LogP contribution is -2.26. The van der Waals surface area contributed by atoms with Gasteiger partial charge in [-0.2, -0.15) is 0 Å². The lowest BCUT2D eigenvalue weighted by atomic mass is 10.2. The summed E-state index contributed by atoms with van der Waals surface area (Å²) in [5.41, 5.74) is 0.879. The number of halogens is 2. The largest absolute Gasteiger partial charge is 0.392 e. The molecule has 0 saturated heterocycles. The topological polar surface area (TPSA) is 32.3 Å². The normalized spacial score (nSPS) is 12.8. The van der Waals surface area contributed by atoms with E-state index in [2.05, 4.69) is 21.2 Å². The van der Waals surface area contributed by atoms with Crippen LogP contribution in [0.3, 0.4) is 0 Å². The van der Waals surface area contributed by atoms with Crippen LogP contribution in [0.1, 0.15) is 25.3 Å². The standard InChI is InChI=1S/C12H17BrFNO/c1-2-3-10(16)8-15-7-9-4-5-11(13)12(14)6-9/h4-6,10,15-16H,2-3,7-8H2,1H3. The fourth-order valence-electron chi connectivity index (χ4n) is 1.47. The molecule has 0 aromatic heterocycles. The Morgan fingerprint density at radius 3 is 2.88 bits per heavy atom. The highest BCUT2D eigenvalue weighted by Gasteiger charge is 2.03. The van der Waals surface area contributed by atoms with Crippen molar-refractivity contribution in [3.63, 3.8) is 0 Å². The highest BCUT2D eigenvalue weighted by Crippen LogP contribution is 2.16. The van der Waals surface area contributed by atoms with Gasteiger partial charge in [0.05, 0.1) is 10.6 Å². The van der Waals surface area contributed by atoms with E-state index in [9.17, 15) is 9.50 Å². The molecule has 0 fully saturated rings. The molecule has 2 nitrogen and oxygen atoms in total. The smallest absolute Gasteiger partial charge is 0.137 e. The first-order valence-corrected chi connectivity index (χ1v) is 6.25. The molecule has 0 bridgehead atoms. The van der Waals surface area contributed by atoms with Gasteiger partial charge in [0, 0.05) is 13.1 Å². The summed E-state index contributed by atoms with van der Waals surface area (Å²) in [6.45, 7) is 3.16. The number of hydrogen-bond donors (Lipinski definition) is 2. The van der Waals surface area contributed by atoms with E-state index in [0.717, 1.165) is 18.4 Å². The Labute approximate surface area is 104 Å². The van der Waals surface area contributed by atoms with Crippen LogP contribution >= 0.6 is 15.9 Å². The van der Waals surface area contributed by atoms with Crippen LogP contribution in [0.5, 0.6) is 0 Å². The summed E-state index contributed by atoms with van der Waals surface area (Å²) in [7, 11) is 0. The second-order valence-corrected chi connectivity index (χ2v) is 4.68. The van der Waals surface area contributed by atoms with E-state index >= 15 is 0 Å². The van der Waals surface area contributed by atoms with Gasteiger partial charge in [-0.05, 0) is 40.0 Å². The Balaban J connectivity index is 2.34. The lowest BCUT2D eigenvalue weighted by molar-refractivity contribution is 0.160. The summed E-state index contributed by atoms with van der Waals surface area (Å²) in [5, 5.41) is 12.6. The first-order chi connectivity index (χ1) is 7.63. The zero-order valence-electron chi connectivity index (χ0n) is 9.34. The van der Waals surface area contributed by atoms with Crippen molar-refractivity contribution in [2.24, 2.45) is 0 Å². The molecule has 1 atom stereocenters. The van der Waals surface area contributed by atoms with E-state index in [1.807, 2.05) is 13.0 Å². The van der Waals surface area contributed by atoms with E-state index in [1.165, 1.54) is 6.07 Å². The molecule has 4 heteroatoms. The molecule has 0 aliphatic carbocycles. The van der Waals surface area contributed by atoms with Crippen molar-refractivity contribution in [3.05, 3.63) is 34.1 Å². The lowest BCUT2D eigenvalue weighted by Gasteiger charge is -2.10. The first kappa shape index (κ1) is 13.6. The first-order valence-electron chi connectivity index (χ1n) is 5.46. The van der Waals surface area contributed by atoms with Crippen molar-refractivity contribution in [2.75, 3.05) is 6.54 Å². The van der Waals surface area contributed by atoms with Crippen molar-refractivity contribution in [2.45, 2.75) is 32.4 Å². The van der Waals surface area contributed by atoms with Gasteiger partial charge in [-0.25, -0.2) is 4.39 Å². The van der Waals surface area contributed by atoms with Crippen molar-refractivity contribution in [1.29, 1.82) is 0 Å². The van der Waals surface area contributed by atoms with Crippen molar-refractivity contribution >= 4 is 15.9 Å². The van der Waals surface area contributed by atoms with Crippen LogP contribution in [-0.4, -0.2) is 17.8 Å². The van der Waals surface area contributed by atoms with Gasteiger partial charge in [0.15, 0.2) is 0 Å². The number of aliphatic hydroxyl groups is 1. The predicted molar refractivity (Wildman–Crippen MR) is 66.7 cm³/mol. The third-order valence-corrected chi connectivity index (χ3v) is 2.96. The number of nitrogens with one attached hydrogen (secondary N) is 1. The second kappa shape index (κ2) is 6.99. The average Bonchev–Trinajstić information content (AvgIpc) is 2.24. The second-order valence-electron chi connectivity index (χ2n) is 3.82. The molecule has 0 aliphatic rings. The fourth-order valence-corrected chi connectivity index (χ4v) is 1.71. The molecule has 1 rings (SSSR count). The van der Waals surface area contributed by atoms with E-state index in [-0.39, 0.29) is 11.9 Å². The monoisotopic (exact) mass is 289 g/mol. The Bertz CT molecular complexity index is 333. The highest BCUT2D eigenvalue weighted by atomic mass is 79.9. The van der Waals surface area contributed by atoms with Crippen LogP contribution in [0, 0.1) is 5.82 Å². The number of benzene rings is 1. The molecule has 90 valence electrons. The summed E-state index contributed by atoms with van der Waals surface area (Å²) < 4.78 is 13.6. The predicted octanol–water partition coefficient (Wildman–Crippen LogP) is 2.84. The van der Waals surface area contributed by atoms with Crippen LogP contribution in [0.25, 0.3) is 0 Å². The van der Waals surface area contributed by atoms with Gasteiger partial charge in [0.25, 0.3) is 0 Å². The molecule has 0 saturated carbocycles. The Morgan fingerprint density at radius 1 is 1.50 bits per heavy atom. The molecule has 0 aliphatic heterocycles. The van der Waals surface area contributed by atoms with Crippen LogP contribution in [-0.2, 0) is 6.54 Å². The van der Waals surface area contributed by atoms with Crippen molar-refractivity contribution < 1.29 is 9.50 Å². The minimum atomic E-state index is -0.315. The molecule has 2 N–H and O–H groups in total. The molecular formula is C12H17BrFNO.